The number of hydrogen-bond acceptors (Lipinski definition) is 4. The van der Waals surface area contributed by atoms with Gasteiger partial charge in [-0.05, 0) is 31.2 Å². The van der Waals surface area contributed by atoms with E-state index in [4.69, 9.17) is 11.6 Å². The average Bonchev–Trinajstić information content (AvgIpc) is 2.47. The predicted molar refractivity (Wildman–Crippen MR) is 78.9 cm³/mol. The molecule has 0 aliphatic heterocycles. The topological polar surface area (TPSA) is 67.4 Å². The summed E-state index contributed by atoms with van der Waals surface area (Å²) in [5, 5.41) is 4.01. The fraction of sp³-hybridized carbons (Fsp3) is 0.429. The Bertz CT molecular complexity index is 563. The van der Waals surface area contributed by atoms with E-state index in [1.807, 2.05) is 5.32 Å². The summed E-state index contributed by atoms with van der Waals surface area (Å²) in [7, 11) is 0. The van der Waals surface area contributed by atoms with E-state index in [0.29, 0.717) is 5.02 Å². The van der Waals surface area contributed by atoms with Gasteiger partial charge in [0.2, 0.25) is 5.91 Å². The van der Waals surface area contributed by atoms with Crippen molar-refractivity contribution in [2.45, 2.75) is 32.1 Å². The van der Waals surface area contributed by atoms with Gasteiger partial charge in [0.25, 0.3) is 0 Å². The van der Waals surface area contributed by atoms with Crippen LogP contribution in [0.4, 0.5) is 18.9 Å². The molecule has 0 fully saturated rings. The number of esters is 1. The molecule has 23 heavy (non-hydrogen) atoms. The molecule has 1 aromatic carbocycles. The van der Waals surface area contributed by atoms with Crippen molar-refractivity contribution in [1.29, 1.82) is 0 Å². The Balaban J connectivity index is 3.32. The number of anilines is 1. The molecule has 0 aliphatic rings. The number of amides is 1. The number of hydrogen-bond donors (Lipinski definition) is 2. The van der Waals surface area contributed by atoms with Crippen LogP contribution in [-0.2, 0) is 14.3 Å². The van der Waals surface area contributed by atoms with Crippen molar-refractivity contribution < 1.29 is 27.5 Å². The molecule has 0 saturated heterocycles. The Morgan fingerprint density at radius 2 is 1.74 bits per heavy atom. The number of rotatable bonds is 6. The first-order chi connectivity index (χ1) is 10.7. The van der Waals surface area contributed by atoms with Crippen LogP contribution < -0.4 is 10.6 Å². The van der Waals surface area contributed by atoms with E-state index in [1.54, 1.807) is 5.32 Å². The Kier molecular flexibility index (Phi) is 6.26. The molecule has 0 saturated carbocycles. The van der Waals surface area contributed by atoms with E-state index in [1.165, 1.54) is 38.1 Å². The van der Waals surface area contributed by atoms with Gasteiger partial charge in [0, 0.05) is 17.1 Å². The number of carbonyl (C=O) groups is 2. The van der Waals surface area contributed by atoms with Gasteiger partial charge in [-0.15, -0.1) is 0 Å². The molecule has 0 aliphatic carbocycles. The first-order valence-corrected chi connectivity index (χ1v) is 7.12. The molecule has 0 heterocycles. The van der Waals surface area contributed by atoms with Gasteiger partial charge in [0.05, 0.1) is 6.61 Å². The number of alkyl halides is 3. The van der Waals surface area contributed by atoms with Crippen LogP contribution in [0.25, 0.3) is 0 Å². The fourth-order valence-electron chi connectivity index (χ4n) is 1.68. The maximum Gasteiger partial charge on any atom is 0.441 e. The molecule has 0 spiro atoms. The molecule has 128 valence electrons. The lowest BCUT2D eigenvalue weighted by Crippen LogP contribution is -2.69. The third-order valence-corrected chi connectivity index (χ3v) is 3.08. The van der Waals surface area contributed by atoms with Crippen molar-refractivity contribution in [3.8, 4) is 0 Å². The average molecular weight is 353 g/mol. The summed E-state index contributed by atoms with van der Waals surface area (Å²) in [5.74, 6) is -2.61. The van der Waals surface area contributed by atoms with Crippen LogP contribution in [0.15, 0.2) is 24.3 Å². The van der Waals surface area contributed by atoms with Gasteiger partial charge in [-0.2, -0.15) is 13.2 Å². The number of carbonyl (C=O) groups excluding carboxylic acids is 2. The fourth-order valence-corrected chi connectivity index (χ4v) is 1.80. The van der Waals surface area contributed by atoms with Crippen LogP contribution in [0.2, 0.25) is 5.02 Å². The molecule has 0 bridgehead atoms. The molecule has 9 heteroatoms. The zero-order valence-corrected chi connectivity index (χ0v) is 13.2. The molecule has 1 atom stereocenters. The molecule has 0 unspecified atom stereocenters. The van der Waals surface area contributed by atoms with E-state index < -0.39 is 23.7 Å². The second-order valence-electron chi connectivity index (χ2n) is 4.50. The second-order valence-corrected chi connectivity index (χ2v) is 4.94. The van der Waals surface area contributed by atoms with Crippen molar-refractivity contribution in [1.82, 2.24) is 5.32 Å². The minimum atomic E-state index is -5.14. The Labute approximate surface area is 136 Å². The predicted octanol–water partition coefficient (Wildman–Crippen LogP) is 3.10. The number of halogens is 4. The highest BCUT2D eigenvalue weighted by molar-refractivity contribution is 6.30. The van der Waals surface area contributed by atoms with Crippen LogP contribution in [0.3, 0.4) is 0 Å². The van der Waals surface area contributed by atoms with E-state index in [9.17, 15) is 22.8 Å². The molecular formula is C14H16ClF3N2O3. The van der Waals surface area contributed by atoms with E-state index >= 15 is 0 Å². The zero-order chi connectivity index (χ0) is 17.7. The van der Waals surface area contributed by atoms with E-state index in [2.05, 4.69) is 4.74 Å². The first-order valence-electron chi connectivity index (χ1n) is 6.75. The lowest BCUT2D eigenvalue weighted by molar-refractivity contribution is -0.207. The van der Waals surface area contributed by atoms with Crippen molar-refractivity contribution in [2.24, 2.45) is 0 Å². The minimum Gasteiger partial charge on any atom is -0.463 e. The molecular weight excluding hydrogens is 337 g/mol. The van der Waals surface area contributed by atoms with Gasteiger partial charge >= 0.3 is 17.8 Å². The Morgan fingerprint density at radius 1 is 1.17 bits per heavy atom. The van der Waals surface area contributed by atoms with Gasteiger partial charge < -0.3 is 15.4 Å². The molecule has 1 aromatic rings. The van der Waals surface area contributed by atoms with Gasteiger partial charge in [-0.25, -0.2) is 4.79 Å². The summed E-state index contributed by atoms with van der Waals surface area (Å²) >= 11 is 5.68. The summed E-state index contributed by atoms with van der Waals surface area (Å²) in [6.07, 6.45) is -5.37. The zero-order valence-electron chi connectivity index (χ0n) is 12.5. The summed E-state index contributed by atoms with van der Waals surface area (Å²) in [6, 6.07) is 5.19. The largest absolute Gasteiger partial charge is 0.463 e. The third kappa shape index (κ3) is 4.51. The van der Waals surface area contributed by atoms with Crippen molar-refractivity contribution in [3.63, 3.8) is 0 Å². The highest BCUT2D eigenvalue weighted by atomic mass is 35.5. The molecule has 2 N–H and O–H groups in total. The second kappa shape index (κ2) is 7.54. The molecule has 5 nitrogen and oxygen atoms in total. The maximum absolute atomic E-state index is 13.6. The van der Waals surface area contributed by atoms with Gasteiger partial charge in [0.15, 0.2) is 0 Å². The van der Waals surface area contributed by atoms with Crippen molar-refractivity contribution in [2.75, 3.05) is 11.9 Å². The highest BCUT2D eigenvalue weighted by Gasteiger charge is 2.63. The Morgan fingerprint density at radius 3 is 2.17 bits per heavy atom. The van der Waals surface area contributed by atoms with E-state index in [-0.39, 0.29) is 18.7 Å². The van der Waals surface area contributed by atoms with Gasteiger partial charge in [-0.3, -0.25) is 4.79 Å². The van der Waals surface area contributed by atoms with Crippen molar-refractivity contribution >= 4 is 29.2 Å². The number of ether oxygens (including phenoxy) is 1. The maximum atomic E-state index is 13.6. The third-order valence-electron chi connectivity index (χ3n) is 2.83. The lowest BCUT2D eigenvalue weighted by atomic mass is 10.1. The molecule has 0 radical (unpaired) electrons. The van der Waals surface area contributed by atoms with Crippen LogP contribution in [-0.4, -0.2) is 30.3 Å². The van der Waals surface area contributed by atoms with Crippen LogP contribution in [0.5, 0.6) is 0 Å². The summed E-state index contributed by atoms with van der Waals surface area (Å²) < 4.78 is 45.3. The normalized spacial score (nSPS) is 13.8. The molecule has 1 amide bonds. The monoisotopic (exact) mass is 352 g/mol. The van der Waals surface area contributed by atoms with Crippen LogP contribution in [0, 0.1) is 0 Å². The summed E-state index contributed by atoms with van der Waals surface area (Å²) in [5.41, 5.74) is -3.44. The lowest BCUT2D eigenvalue weighted by Gasteiger charge is -2.35. The highest BCUT2D eigenvalue weighted by Crippen LogP contribution is 2.33. The molecule has 0 aromatic heterocycles. The van der Waals surface area contributed by atoms with Gasteiger partial charge in [0.1, 0.15) is 0 Å². The van der Waals surface area contributed by atoms with Crippen LogP contribution in [0.1, 0.15) is 20.3 Å². The van der Waals surface area contributed by atoms with Crippen molar-refractivity contribution in [3.05, 3.63) is 29.3 Å². The number of benzene rings is 1. The number of nitrogens with one attached hydrogen (secondary N) is 2. The van der Waals surface area contributed by atoms with Crippen LogP contribution >= 0.6 is 11.6 Å². The molecule has 1 rings (SSSR count). The first kappa shape index (κ1) is 19.1. The Hall–Kier alpha value is -1.96. The SMILES string of the molecule is CCOC(=O)[C@@](NC(=O)CC)(Nc1ccc(Cl)cc1)C(F)(F)F. The smallest absolute Gasteiger partial charge is 0.441 e. The standard InChI is InChI=1S/C14H16ClF3N2O3/c1-3-11(21)20-13(14(16,17)18,12(22)23-4-2)19-10-7-5-9(15)6-8-10/h5-8,19H,3-4H2,1-2H3,(H,20,21)/t13-/m0/s1. The minimum absolute atomic E-state index is 0.0591. The quantitative estimate of drug-likeness (QED) is 0.610. The van der Waals surface area contributed by atoms with E-state index in [0.717, 1.165) is 0 Å². The summed E-state index contributed by atoms with van der Waals surface area (Å²) in [6.45, 7) is 2.45. The van der Waals surface area contributed by atoms with Gasteiger partial charge in [-0.1, -0.05) is 18.5 Å². The summed E-state index contributed by atoms with van der Waals surface area (Å²) in [4.78, 5) is 23.5.